The molecule has 1 aliphatic heterocycles. The highest BCUT2D eigenvalue weighted by Crippen LogP contribution is 2.27. The summed E-state index contributed by atoms with van der Waals surface area (Å²) in [4.78, 5) is 6.79. The van der Waals surface area contributed by atoms with Crippen molar-refractivity contribution >= 4 is 23.4 Å². The van der Waals surface area contributed by atoms with Crippen molar-refractivity contribution in [3.63, 3.8) is 0 Å². The zero-order chi connectivity index (χ0) is 21.2. The Kier molecular flexibility index (Phi) is 8.56. The second-order valence-corrected chi connectivity index (χ2v) is 8.28. The van der Waals surface area contributed by atoms with E-state index in [4.69, 9.17) is 9.47 Å². The zero-order valence-electron chi connectivity index (χ0n) is 18.1. The van der Waals surface area contributed by atoms with E-state index < -0.39 is 0 Å². The lowest BCUT2D eigenvalue weighted by atomic mass is 10.1. The van der Waals surface area contributed by atoms with Crippen molar-refractivity contribution in [1.29, 1.82) is 0 Å². The van der Waals surface area contributed by atoms with Crippen LogP contribution in [0.15, 0.2) is 47.5 Å². The topological polar surface area (TPSA) is 58.1 Å². The normalized spacial score (nSPS) is 14.4. The molecule has 0 aliphatic carbocycles. The Labute approximate surface area is 184 Å². The van der Waals surface area contributed by atoms with Gasteiger partial charge in [0.1, 0.15) is 0 Å². The standard InChI is InChI=1S/C23H32N4O2S/c1-24-23(25-11-10-18-6-9-21(28-2)22(16-18)29-3)26-17-19-4-7-20(8-5-19)27-12-14-30-15-13-27/h4-9,16H,10-15,17H2,1-3H3,(H2,24,25,26). The molecule has 162 valence electrons. The summed E-state index contributed by atoms with van der Waals surface area (Å²) in [6.07, 6.45) is 0.865. The largest absolute Gasteiger partial charge is 0.493 e. The van der Waals surface area contributed by atoms with Gasteiger partial charge < -0.3 is 25.0 Å². The molecule has 0 saturated carbocycles. The van der Waals surface area contributed by atoms with Gasteiger partial charge in [0.25, 0.3) is 0 Å². The van der Waals surface area contributed by atoms with Crippen molar-refractivity contribution in [2.24, 2.45) is 4.99 Å². The summed E-state index contributed by atoms with van der Waals surface area (Å²) < 4.78 is 10.7. The number of guanidine groups is 1. The van der Waals surface area contributed by atoms with E-state index in [1.807, 2.05) is 23.9 Å². The van der Waals surface area contributed by atoms with Crippen LogP contribution in [0.25, 0.3) is 0 Å². The van der Waals surface area contributed by atoms with E-state index >= 15 is 0 Å². The number of methoxy groups -OCH3 is 2. The van der Waals surface area contributed by atoms with Gasteiger partial charge in [-0.2, -0.15) is 11.8 Å². The number of nitrogens with one attached hydrogen (secondary N) is 2. The van der Waals surface area contributed by atoms with Gasteiger partial charge in [-0.1, -0.05) is 18.2 Å². The first kappa shape index (κ1) is 22.2. The van der Waals surface area contributed by atoms with E-state index in [0.29, 0.717) is 0 Å². The van der Waals surface area contributed by atoms with Crippen LogP contribution in [0.2, 0.25) is 0 Å². The van der Waals surface area contributed by atoms with Crippen LogP contribution in [-0.4, -0.2) is 58.4 Å². The van der Waals surface area contributed by atoms with E-state index in [1.54, 1.807) is 21.3 Å². The van der Waals surface area contributed by atoms with Gasteiger partial charge in [0, 0.05) is 50.4 Å². The molecule has 0 bridgehead atoms. The van der Waals surface area contributed by atoms with Crippen molar-refractivity contribution in [2.75, 3.05) is 57.3 Å². The molecule has 0 spiro atoms. The summed E-state index contributed by atoms with van der Waals surface area (Å²) in [5.74, 6) is 4.73. The number of anilines is 1. The second kappa shape index (κ2) is 11.6. The highest BCUT2D eigenvalue weighted by molar-refractivity contribution is 7.99. The molecule has 0 amide bonds. The first-order chi connectivity index (χ1) is 14.7. The average Bonchev–Trinajstić information content (AvgIpc) is 2.82. The molecule has 0 atom stereocenters. The van der Waals surface area contributed by atoms with Crippen molar-refractivity contribution in [3.05, 3.63) is 53.6 Å². The minimum Gasteiger partial charge on any atom is -0.493 e. The third-order valence-corrected chi connectivity index (χ3v) is 6.09. The minimum absolute atomic E-state index is 0.742. The van der Waals surface area contributed by atoms with Crippen LogP contribution in [0.3, 0.4) is 0 Å². The molecule has 2 N–H and O–H groups in total. The van der Waals surface area contributed by atoms with Gasteiger partial charge in [0.05, 0.1) is 14.2 Å². The highest BCUT2D eigenvalue weighted by atomic mass is 32.2. The molecule has 2 aromatic carbocycles. The molecular weight excluding hydrogens is 396 g/mol. The van der Waals surface area contributed by atoms with Crippen molar-refractivity contribution in [3.8, 4) is 11.5 Å². The molecule has 3 rings (SSSR count). The Balaban J connectivity index is 1.44. The fourth-order valence-corrected chi connectivity index (χ4v) is 4.32. The van der Waals surface area contributed by atoms with Gasteiger partial charge in [-0.05, 0) is 41.8 Å². The van der Waals surface area contributed by atoms with Crippen molar-refractivity contribution in [2.45, 2.75) is 13.0 Å². The lowest BCUT2D eigenvalue weighted by molar-refractivity contribution is 0.354. The van der Waals surface area contributed by atoms with Crippen LogP contribution >= 0.6 is 11.8 Å². The molecular formula is C23H32N4O2S. The first-order valence-electron chi connectivity index (χ1n) is 10.3. The minimum atomic E-state index is 0.742. The number of rotatable bonds is 8. The van der Waals surface area contributed by atoms with Gasteiger partial charge in [0.15, 0.2) is 17.5 Å². The molecule has 6 nitrogen and oxygen atoms in total. The Bertz CT molecular complexity index is 820. The number of thioether (sulfide) groups is 1. The van der Waals surface area contributed by atoms with Crippen LogP contribution in [0.4, 0.5) is 5.69 Å². The maximum atomic E-state index is 5.37. The third-order valence-electron chi connectivity index (χ3n) is 5.15. The number of aliphatic imine (C=N–C) groups is 1. The molecule has 2 aromatic rings. The van der Waals surface area contributed by atoms with Gasteiger partial charge in [-0.25, -0.2) is 0 Å². The maximum Gasteiger partial charge on any atom is 0.191 e. The maximum absolute atomic E-state index is 5.37. The third kappa shape index (κ3) is 6.23. The van der Waals surface area contributed by atoms with Gasteiger partial charge in [0.2, 0.25) is 0 Å². The van der Waals surface area contributed by atoms with Crippen LogP contribution in [0, 0.1) is 0 Å². The summed E-state index contributed by atoms with van der Waals surface area (Å²) in [5, 5.41) is 6.76. The molecule has 30 heavy (non-hydrogen) atoms. The Morgan fingerprint density at radius 3 is 2.33 bits per heavy atom. The summed E-state index contributed by atoms with van der Waals surface area (Å²) >= 11 is 2.03. The number of ether oxygens (including phenoxy) is 2. The molecule has 1 heterocycles. The lowest BCUT2D eigenvalue weighted by Gasteiger charge is -2.28. The smallest absolute Gasteiger partial charge is 0.191 e. The van der Waals surface area contributed by atoms with Gasteiger partial charge in [-0.3, -0.25) is 4.99 Å². The van der Waals surface area contributed by atoms with E-state index in [0.717, 1.165) is 50.1 Å². The molecule has 7 heteroatoms. The highest BCUT2D eigenvalue weighted by Gasteiger charge is 2.11. The Morgan fingerprint density at radius 2 is 1.67 bits per heavy atom. The number of nitrogens with zero attached hydrogens (tertiary/aromatic N) is 2. The first-order valence-corrected chi connectivity index (χ1v) is 11.5. The molecule has 1 aliphatic rings. The van der Waals surface area contributed by atoms with Crippen molar-refractivity contribution in [1.82, 2.24) is 10.6 Å². The SMILES string of the molecule is CN=C(NCCc1ccc(OC)c(OC)c1)NCc1ccc(N2CCSCC2)cc1. The van der Waals surface area contributed by atoms with Gasteiger partial charge in [-0.15, -0.1) is 0 Å². The van der Waals surface area contributed by atoms with E-state index in [9.17, 15) is 0 Å². The Morgan fingerprint density at radius 1 is 0.967 bits per heavy atom. The quantitative estimate of drug-likeness (QED) is 0.498. The molecule has 0 aromatic heterocycles. The molecule has 1 fully saturated rings. The number of hydrogen-bond acceptors (Lipinski definition) is 5. The molecule has 1 saturated heterocycles. The number of benzene rings is 2. The summed E-state index contributed by atoms with van der Waals surface area (Å²) in [6, 6.07) is 14.8. The predicted octanol–water partition coefficient (Wildman–Crippen LogP) is 3.16. The van der Waals surface area contributed by atoms with Crippen LogP contribution in [-0.2, 0) is 13.0 Å². The summed E-state index contributed by atoms with van der Waals surface area (Å²) in [5.41, 5.74) is 3.74. The average molecular weight is 429 g/mol. The van der Waals surface area contributed by atoms with Crippen LogP contribution in [0.1, 0.15) is 11.1 Å². The fourth-order valence-electron chi connectivity index (χ4n) is 3.41. The zero-order valence-corrected chi connectivity index (χ0v) is 18.9. The van der Waals surface area contributed by atoms with E-state index in [2.05, 4.69) is 50.9 Å². The van der Waals surface area contributed by atoms with E-state index in [1.165, 1.54) is 28.3 Å². The summed E-state index contributed by atoms with van der Waals surface area (Å²) in [7, 11) is 5.10. The van der Waals surface area contributed by atoms with Gasteiger partial charge >= 0.3 is 0 Å². The molecule has 0 radical (unpaired) electrons. The second-order valence-electron chi connectivity index (χ2n) is 7.06. The summed E-state index contributed by atoms with van der Waals surface area (Å²) in [6.45, 7) is 3.80. The van der Waals surface area contributed by atoms with Crippen molar-refractivity contribution < 1.29 is 9.47 Å². The Hall–Kier alpha value is -2.54. The fraction of sp³-hybridized carbons (Fsp3) is 0.435. The van der Waals surface area contributed by atoms with Crippen LogP contribution < -0.4 is 25.0 Å². The molecule has 0 unspecified atom stereocenters. The van der Waals surface area contributed by atoms with Crippen LogP contribution in [0.5, 0.6) is 11.5 Å². The predicted molar refractivity (Wildman–Crippen MR) is 127 cm³/mol. The monoisotopic (exact) mass is 428 g/mol. The lowest BCUT2D eigenvalue weighted by Crippen LogP contribution is -2.37. The number of hydrogen-bond donors (Lipinski definition) is 2. The van der Waals surface area contributed by atoms with E-state index in [-0.39, 0.29) is 0 Å².